The highest BCUT2D eigenvalue weighted by molar-refractivity contribution is 5.97. The molecular weight excluding hydrogens is 233 g/mol. The van der Waals surface area contributed by atoms with Crippen molar-refractivity contribution in [1.29, 1.82) is 0 Å². The van der Waals surface area contributed by atoms with Crippen LogP contribution < -0.4 is 0 Å². The molecule has 0 aromatic heterocycles. The summed E-state index contributed by atoms with van der Waals surface area (Å²) in [4.78, 5) is 11.5. The molecule has 0 aliphatic carbocycles. The summed E-state index contributed by atoms with van der Waals surface area (Å²) in [6, 6.07) is 4.35. The number of hydrogen-bond donors (Lipinski definition) is 0. The number of halogens is 3. The van der Waals surface area contributed by atoms with Crippen molar-refractivity contribution in [1.82, 2.24) is 0 Å². The van der Waals surface area contributed by atoms with Gasteiger partial charge in [0.05, 0.1) is 5.56 Å². The molecule has 0 radical (unpaired) electrons. The summed E-state index contributed by atoms with van der Waals surface area (Å²) in [5.41, 5.74) is -0.797. The Morgan fingerprint density at radius 3 is 2.65 bits per heavy atom. The zero-order valence-corrected chi connectivity index (χ0v) is 9.38. The van der Waals surface area contributed by atoms with Gasteiger partial charge in [-0.1, -0.05) is 19.1 Å². The van der Waals surface area contributed by atoms with Crippen LogP contribution in [0.3, 0.4) is 0 Å². The van der Waals surface area contributed by atoms with Gasteiger partial charge in [0, 0.05) is 12.2 Å². The van der Waals surface area contributed by atoms with E-state index >= 15 is 0 Å². The molecule has 0 spiro atoms. The molecule has 17 heavy (non-hydrogen) atoms. The number of ketones is 1. The normalized spacial score (nSPS) is 11.5. The maximum atomic E-state index is 12.4. The molecule has 0 amide bonds. The molecule has 0 N–H and O–H groups in total. The van der Waals surface area contributed by atoms with Crippen molar-refractivity contribution in [2.75, 3.05) is 13.2 Å². The van der Waals surface area contributed by atoms with Crippen molar-refractivity contribution in [2.24, 2.45) is 0 Å². The number of alkyl halides is 3. The van der Waals surface area contributed by atoms with Crippen LogP contribution in [0.1, 0.15) is 29.3 Å². The summed E-state index contributed by atoms with van der Waals surface area (Å²) in [5.74, 6) is -0.440. The Kier molecular flexibility index (Phi) is 4.69. The summed E-state index contributed by atoms with van der Waals surface area (Å²) in [6.45, 7) is 2.12. The van der Waals surface area contributed by atoms with E-state index in [-0.39, 0.29) is 12.2 Å². The Morgan fingerprint density at radius 1 is 1.35 bits per heavy atom. The highest BCUT2D eigenvalue weighted by Gasteiger charge is 2.30. The average molecular weight is 246 g/mol. The summed E-state index contributed by atoms with van der Waals surface area (Å²) in [5, 5.41) is 0. The van der Waals surface area contributed by atoms with Crippen molar-refractivity contribution in [3.63, 3.8) is 0 Å². The van der Waals surface area contributed by atoms with E-state index in [1.807, 2.05) is 6.92 Å². The molecule has 2 nitrogen and oxygen atoms in total. The van der Waals surface area contributed by atoms with Gasteiger partial charge >= 0.3 is 6.18 Å². The Morgan fingerprint density at radius 2 is 2.06 bits per heavy atom. The molecule has 5 heteroatoms. The van der Waals surface area contributed by atoms with Crippen LogP contribution in [-0.2, 0) is 10.9 Å². The van der Waals surface area contributed by atoms with Crippen LogP contribution in [0.4, 0.5) is 13.2 Å². The summed E-state index contributed by atoms with van der Waals surface area (Å²) >= 11 is 0. The Balaban J connectivity index is 2.74. The number of Topliss-reactive ketones (excluding diaryl/α,β-unsaturated/α-hetero) is 1. The van der Waals surface area contributed by atoms with Gasteiger partial charge in [-0.25, -0.2) is 0 Å². The second kappa shape index (κ2) is 5.82. The minimum atomic E-state index is -4.43. The zero-order valence-electron chi connectivity index (χ0n) is 9.38. The minimum Gasteiger partial charge on any atom is -0.373 e. The number of carbonyl (C=O) groups excluding carboxylic acids is 1. The summed E-state index contributed by atoms with van der Waals surface area (Å²) in [7, 11) is 0. The van der Waals surface area contributed by atoms with Crippen molar-refractivity contribution >= 4 is 5.78 Å². The van der Waals surface area contributed by atoms with E-state index in [9.17, 15) is 18.0 Å². The molecule has 0 bridgehead atoms. The van der Waals surface area contributed by atoms with E-state index in [0.717, 1.165) is 18.6 Å². The summed E-state index contributed by atoms with van der Waals surface area (Å²) < 4.78 is 42.2. The van der Waals surface area contributed by atoms with Gasteiger partial charge in [-0.15, -0.1) is 0 Å². The lowest BCUT2D eigenvalue weighted by Crippen LogP contribution is -2.12. The standard InChI is InChI=1S/C12H13F3O2/c1-2-6-17-8-11(16)9-4-3-5-10(7-9)12(13,14)15/h3-5,7H,2,6,8H2,1H3. The van der Waals surface area contributed by atoms with Crippen molar-refractivity contribution in [3.05, 3.63) is 35.4 Å². The number of benzene rings is 1. The Labute approximate surface area is 97.4 Å². The van der Waals surface area contributed by atoms with Gasteiger partial charge in [0.25, 0.3) is 0 Å². The maximum absolute atomic E-state index is 12.4. The molecule has 0 atom stereocenters. The van der Waals surface area contributed by atoms with Gasteiger partial charge in [0.1, 0.15) is 6.61 Å². The number of rotatable bonds is 5. The fourth-order valence-corrected chi connectivity index (χ4v) is 1.26. The molecule has 0 heterocycles. The third-order valence-electron chi connectivity index (χ3n) is 2.09. The molecule has 1 aromatic carbocycles. The van der Waals surface area contributed by atoms with Gasteiger partial charge in [0.15, 0.2) is 5.78 Å². The molecule has 0 saturated heterocycles. The van der Waals surface area contributed by atoms with E-state index in [4.69, 9.17) is 4.74 Å². The van der Waals surface area contributed by atoms with Gasteiger partial charge in [-0.3, -0.25) is 4.79 Å². The monoisotopic (exact) mass is 246 g/mol. The first-order chi connectivity index (χ1) is 7.95. The molecule has 1 aromatic rings. The van der Waals surface area contributed by atoms with Crippen LogP contribution in [0.5, 0.6) is 0 Å². The summed E-state index contributed by atoms with van der Waals surface area (Å²) in [6.07, 6.45) is -3.67. The highest BCUT2D eigenvalue weighted by atomic mass is 19.4. The second-order valence-corrected chi connectivity index (χ2v) is 3.55. The number of hydrogen-bond acceptors (Lipinski definition) is 2. The first kappa shape index (κ1) is 13.7. The van der Waals surface area contributed by atoms with Crippen LogP contribution in [0, 0.1) is 0 Å². The lowest BCUT2D eigenvalue weighted by Gasteiger charge is -2.08. The molecule has 0 aliphatic heterocycles. The largest absolute Gasteiger partial charge is 0.416 e. The van der Waals surface area contributed by atoms with E-state index < -0.39 is 17.5 Å². The molecule has 0 aliphatic rings. The third kappa shape index (κ3) is 4.19. The fourth-order valence-electron chi connectivity index (χ4n) is 1.26. The quantitative estimate of drug-likeness (QED) is 0.588. The second-order valence-electron chi connectivity index (χ2n) is 3.55. The van der Waals surface area contributed by atoms with E-state index in [1.54, 1.807) is 0 Å². The topological polar surface area (TPSA) is 26.3 Å². The first-order valence-corrected chi connectivity index (χ1v) is 5.23. The molecule has 0 saturated carbocycles. The van der Waals surface area contributed by atoms with Crippen molar-refractivity contribution < 1.29 is 22.7 Å². The SMILES string of the molecule is CCCOCC(=O)c1cccc(C(F)(F)F)c1. The van der Waals surface area contributed by atoms with Crippen LogP contribution in [0.25, 0.3) is 0 Å². The lowest BCUT2D eigenvalue weighted by molar-refractivity contribution is -0.137. The lowest BCUT2D eigenvalue weighted by atomic mass is 10.1. The molecule has 94 valence electrons. The van der Waals surface area contributed by atoms with Crippen molar-refractivity contribution in [2.45, 2.75) is 19.5 Å². The fraction of sp³-hybridized carbons (Fsp3) is 0.417. The van der Waals surface area contributed by atoms with Gasteiger partial charge in [-0.05, 0) is 18.6 Å². The molecular formula is C12H13F3O2. The number of ether oxygens (including phenoxy) is 1. The minimum absolute atomic E-state index is 0.0240. The van der Waals surface area contributed by atoms with Gasteiger partial charge in [-0.2, -0.15) is 13.2 Å². The predicted molar refractivity (Wildman–Crippen MR) is 56.9 cm³/mol. The predicted octanol–water partition coefficient (Wildman–Crippen LogP) is 3.31. The van der Waals surface area contributed by atoms with Crippen LogP contribution in [0.2, 0.25) is 0 Å². The van der Waals surface area contributed by atoms with Crippen LogP contribution >= 0.6 is 0 Å². The molecule has 1 rings (SSSR count). The van der Waals surface area contributed by atoms with E-state index in [1.165, 1.54) is 12.1 Å². The van der Waals surface area contributed by atoms with Gasteiger partial charge in [0.2, 0.25) is 0 Å². The highest BCUT2D eigenvalue weighted by Crippen LogP contribution is 2.29. The average Bonchev–Trinajstić information content (AvgIpc) is 2.28. The zero-order chi connectivity index (χ0) is 12.9. The van der Waals surface area contributed by atoms with Crippen LogP contribution in [-0.4, -0.2) is 19.0 Å². The van der Waals surface area contributed by atoms with Crippen molar-refractivity contribution in [3.8, 4) is 0 Å². The smallest absolute Gasteiger partial charge is 0.373 e. The molecule has 0 unspecified atom stereocenters. The van der Waals surface area contributed by atoms with E-state index in [0.29, 0.717) is 6.61 Å². The van der Waals surface area contributed by atoms with Crippen LogP contribution in [0.15, 0.2) is 24.3 Å². The Hall–Kier alpha value is -1.36. The third-order valence-corrected chi connectivity index (χ3v) is 2.09. The first-order valence-electron chi connectivity index (χ1n) is 5.23. The van der Waals surface area contributed by atoms with E-state index in [2.05, 4.69) is 0 Å². The molecule has 0 fully saturated rings. The maximum Gasteiger partial charge on any atom is 0.416 e. The Bertz CT molecular complexity index is 386. The number of carbonyl (C=O) groups is 1. The van der Waals surface area contributed by atoms with Gasteiger partial charge < -0.3 is 4.74 Å².